The van der Waals surface area contributed by atoms with Gasteiger partial charge in [0.1, 0.15) is 0 Å². The quantitative estimate of drug-likeness (QED) is 0.690. The molecule has 0 saturated heterocycles. The highest BCUT2D eigenvalue weighted by Gasteiger charge is 2.55. The molecule has 1 aromatic heterocycles. The van der Waals surface area contributed by atoms with Crippen molar-refractivity contribution in [2.24, 2.45) is 17.8 Å². The SMILES string of the molecule is CC(C1[C@H]2CCC[C@@H]12)n1nccn1. The molecule has 1 heterocycles. The van der Waals surface area contributed by atoms with E-state index in [0.29, 0.717) is 6.04 Å². The molecule has 13 heavy (non-hydrogen) atoms. The zero-order valence-corrected chi connectivity index (χ0v) is 7.93. The van der Waals surface area contributed by atoms with Crippen LogP contribution in [-0.2, 0) is 0 Å². The van der Waals surface area contributed by atoms with Gasteiger partial charge < -0.3 is 0 Å². The van der Waals surface area contributed by atoms with E-state index in [9.17, 15) is 0 Å². The van der Waals surface area contributed by atoms with Gasteiger partial charge in [-0.25, -0.2) is 0 Å². The van der Waals surface area contributed by atoms with Crippen molar-refractivity contribution in [1.82, 2.24) is 15.0 Å². The van der Waals surface area contributed by atoms with Crippen molar-refractivity contribution in [1.29, 1.82) is 0 Å². The maximum absolute atomic E-state index is 4.21. The Morgan fingerprint density at radius 2 is 1.85 bits per heavy atom. The summed E-state index contributed by atoms with van der Waals surface area (Å²) in [6.45, 7) is 2.25. The summed E-state index contributed by atoms with van der Waals surface area (Å²) < 4.78 is 0. The molecule has 2 fully saturated rings. The predicted molar refractivity (Wildman–Crippen MR) is 49.1 cm³/mol. The predicted octanol–water partition coefficient (Wildman–Crippen LogP) is 1.89. The molecule has 0 aromatic carbocycles. The summed E-state index contributed by atoms with van der Waals surface area (Å²) in [5, 5.41) is 8.42. The zero-order valence-electron chi connectivity index (χ0n) is 7.93. The molecule has 0 N–H and O–H groups in total. The first-order chi connectivity index (χ1) is 6.38. The van der Waals surface area contributed by atoms with Crippen LogP contribution in [0.15, 0.2) is 12.4 Å². The standard InChI is InChI=1S/C10H15N3/c1-7(13-11-5-6-12-13)10-8-3-2-4-9(8)10/h5-10H,2-4H2,1H3/t7?,8-,9+,10?. The maximum atomic E-state index is 4.21. The topological polar surface area (TPSA) is 30.7 Å². The molecule has 0 spiro atoms. The second kappa shape index (κ2) is 2.56. The van der Waals surface area contributed by atoms with Gasteiger partial charge in [0.2, 0.25) is 0 Å². The lowest BCUT2D eigenvalue weighted by molar-refractivity contribution is 0.348. The van der Waals surface area contributed by atoms with Gasteiger partial charge in [-0.1, -0.05) is 6.42 Å². The second-order valence-electron chi connectivity index (χ2n) is 4.43. The minimum atomic E-state index is 0.519. The van der Waals surface area contributed by atoms with Crippen molar-refractivity contribution in [2.75, 3.05) is 0 Å². The minimum absolute atomic E-state index is 0.519. The molecule has 3 nitrogen and oxygen atoms in total. The van der Waals surface area contributed by atoms with Crippen LogP contribution in [0.25, 0.3) is 0 Å². The number of hydrogen-bond acceptors (Lipinski definition) is 2. The molecule has 2 unspecified atom stereocenters. The molecule has 70 valence electrons. The van der Waals surface area contributed by atoms with E-state index < -0.39 is 0 Å². The molecule has 3 rings (SSSR count). The van der Waals surface area contributed by atoms with Crippen LogP contribution >= 0.6 is 0 Å². The van der Waals surface area contributed by atoms with E-state index in [1.165, 1.54) is 19.3 Å². The van der Waals surface area contributed by atoms with Crippen LogP contribution < -0.4 is 0 Å². The Bertz CT molecular complexity index is 283. The van der Waals surface area contributed by atoms with Crippen LogP contribution in [-0.4, -0.2) is 15.0 Å². The molecular formula is C10H15N3. The van der Waals surface area contributed by atoms with Gasteiger partial charge in [0, 0.05) is 0 Å². The molecule has 2 aliphatic carbocycles. The number of rotatable bonds is 2. The Hall–Kier alpha value is -0.860. The Labute approximate surface area is 78.1 Å². The molecule has 0 bridgehead atoms. The fourth-order valence-corrected chi connectivity index (χ4v) is 3.18. The summed E-state index contributed by atoms with van der Waals surface area (Å²) in [4.78, 5) is 1.88. The van der Waals surface area contributed by atoms with Gasteiger partial charge in [0.25, 0.3) is 0 Å². The molecule has 2 aliphatic rings. The summed E-state index contributed by atoms with van der Waals surface area (Å²) in [6, 6.07) is 0.519. The lowest BCUT2D eigenvalue weighted by atomic mass is 10.1. The van der Waals surface area contributed by atoms with Gasteiger partial charge in [-0.3, -0.25) is 0 Å². The Morgan fingerprint density at radius 1 is 1.23 bits per heavy atom. The van der Waals surface area contributed by atoms with Crippen molar-refractivity contribution < 1.29 is 0 Å². The average Bonchev–Trinajstić information content (AvgIpc) is 2.68. The highest BCUT2D eigenvalue weighted by molar-refractivity contribution is 5.03. The van der Waals surface area contributed by atoms with Gasteiger partial charge >= 0.3 is 0 Å². The summed E-state index contributed by atoms with van der Waals surface area (Å²) >= 11 is 0. The van der Waals surface area contributed by atoms with E-state index in [4.69, 9.17) is 0 Å². The van der Waals surface area contributed by atoms with E-state index >= 15 is 0 Å². The first kappa shape index (κ1) is 7.54. The third-order valence-corrected chi connectivity index (χ3v) is 3.83. The smallest absolute Gasteiger partial charge is 0.0721 e. The minimum Gasteiger partial charge on any atom is -0.182 e. The van der Waals surface area contributed by atoms with E-state index in [2.05, 4.69) is 17.1 Å². The lowest BCUT2D eigenvalue weighted by Crippen LogP contribution is -2.13. The molecule has 2 saturated carbocycles. The number of nitrogens with zero attached hydrogens (tertiary/aromatic N) is 3. The summed E-state index contributed by atoms with van der Waals surface area (Å²) in [7, 11) is 0. The molecular weight excluding hydrogens is 162 g/mol. The number of aromatic nitrogens is 3. The van der Waals surface area contributed by atoms with Crippen molar-refractivity contribution in [3.05, 3.63) is 12.4 Å². The Kier molecular flexibility index (Phi) is 1.49. The molecule has 3 heteroatoms. The van der Waals surface area contributed by atoms with Crippen LogP contribution in [0.2, 0.25) is 0 Å². The monoisotopic (exact) mass is 177 g/mol. The molecule has 1 aromatic rings. The van der Waals surface area contributed by atoms with Gasteiger partial charge in [-0.2, -0.15) is 15.0 Å². The third-order valence-electron chi connectivity index (χ3n) is 3.83. The number of fused-ring (bicyclic) bond motifs is 1. The highest BCUT2D eigenvalue weighted by atomic mass is 15.5. The first-order valence-corrected chi connectivity index (χ1v) is 5.24. The van der Waals surface area contributed by atoms with Crippen LogP contribution in [0.3, 0.4) is 0 Å². The van der Waals surface area contributed by atoms with Crippen LogP contribution in [0.4, 0.5) is 0 Å². The van der Waals surface area contributed by atoms with Gasteiger partial charge in [0.15, 0.2) is 0 Å². The van der Waals surface area contributed by atoms with Crippen LogP contribution in [0.1, 0.15) is 32.2 Å². The van der Waals surface area contributed by atoms with Crippen LogP contribution in [0, 0.1) is 17.8 Å². The number of hydrogen-bond donors (Lipinski definition) is 0. The van der Waals surface area contributed by atoms with E-state index in [1.807, 2.05) is 4.80 Å². The van der Waals surface area contributed by atoms with E-state index in [0.717, 1.165) is 17.8 Å². The highest BCUT2D eigenvalue weighted by Crippen LogP contribution is 2.61. The molecule has 0 radical (unpaired) electrons. The van der Waals surface area contributed by atoms with Crippen molar-refractivity contribution in [3.63, 3.8) is 0 Å². The maximum Gasteiger partial charge on any atom is 0.0721 e. The van der Waals surface area contributed by atoms with Crippen molar-refractivity contribution >= 4 is 0 Å². The first-order valence-electron chi connectivity index (χ1n) is 5.24. The van der Waals surface area contributed by atoms with Gasteiger partial charge in [-0.15, -0.1) is 0 Å². The largest absolute Gasteiger partial charge is 0.182 e. The van der Waals surface area contributed by atoms with Crippen LogP contribution in [0.5, 0.6) is 0 Å². The van der Waals surface area contributed by atoms with Gasteiger partial charge in [-0.05, 0) is 37.5 Å². The summed E-state index contributed by atoms with van der Waals surface area (Å²) in [5.74, 6) is 2.88. The fourth-order valence-electron chi connectivity index (χ4n) is 3.18. The summed E-state index contributed by atoms with van der Waals surface area (Å²) in [6.07, 6.45) is 7.89. The van der Waals surface area contributed by atoms with Crippen molar-refractivity contribution in [2.45, 2.75) is 32.2 Å². The lowest BCUT2D eigenvalue weighted by Gasteiger charge is -2.11. The fraction of sp³-hybridized carbons (Fsp3) is 0.800. The summed E-state index contributed by atoms with van der Waals surface area (Å²) in [5.41, 5.74) is 0. The Morgan fingerprint density at radius 3 is 2.46 bits per heavy atom. The molecule has 0 amide bonds. The molecule has 4 atom stereocenters. The van der Waals surface area contributed by atoms with Gasteiger partial charge in [0.05, 0.1) is 18.4 Å². The zero-order chi connectivity index (χ0) is 8.84. The third kappa shape index (κ3) is 1.02. The van der Waals surface area contributed by atoms with Crippen molar-refractivity contribution in [3.8, 4) is 0 Å². The average molecular weight is 177 g/mol. The van der Waals surface area contributed by atoms with E-state index in [-0.39, 0.29) is 0 Å². The van der Waals surface area contributed by atoms with E-state index in [1.54, 1.807) is 12.4 Å². The second-order valence-corrected chi connectivity index (χ2v) is 4.43. The normalized spacial score (nSPS) is 38.7. The Balaban J connectivity index is 1.74. The molecule has 0 aliphatic heterocycles.